The molecule has 66 valence electrons. The van der Waals surface area contributed by atoms with Gasteiger partial charge in [0, 0.05) is 6.54 Å². The molecule has 0 amide bonds. The van der Waals surface area contributed by atoms with Gasteiger partial charge < -0.3 is 15.1 Å². The van der Waals surface area contributed by atoms with E-state index in [4.69, 9.17) is 10.2 Å². The van der Waals surface area contributed by atoms with E-state index in [-0.39, 0.29) is 6.61 Å². The quantitative estimate of drug-likeness (QED) is 0.600. The Labute approximate surface area is 67.6 Å². The molecule has 0 aromatic heterocycles. The fraction of sp³-hybridized carbons (Fsp3) is 1.00. The summed E-state index contributed by atoms with van der Waals surface area (Å²) in [4.78, 5) is 2.21. The van der Waals surface area contributed by atoms with Crippen molar-refractivity contribution in [1.29, 1.82) is 0 Å². The van der Waals surface area contributed by atoms with E-state index >= 15 is 0 Å². The van der Waals surface area contributed by atoms with E-state index in [1.165, 1.54) is 19.3 Å². The van der Waals surface area contributed by atoms with Crippen LogP contribution in [0.15, 0.2) is 0 Å². The zero-order valence-electron chi connectivity index (χ0n) is 6.87. The van der Waals surface area contributed by atoms with Crippen LogP contribution in [-0.2, 0) is 0 Å². The fourth-order valence-electron chi connectivity index (χ4n) is 1.50. The Morgan fingerprint density at radius 3 is 2.36 bits per heavy atom. The molecule has 1 rings (SSSR count). The topological polar surface area (TPSA) is 43.7 Å². The summed E-state index contributed by atoms with van der Waals surface area (Å²) in [6.07, 6.45) is 3.23. The van der Waals surface area contributed by atoms with Gasteiger partial charge in [0.05, 0.1) is 12.7 Å². The lowest BCUT2D eigenvalue weighted by atomic mass is 10.1. The van der Waals surface area contributed by atoms with Crippen LogP contribution in [0, 0.1) is 0 Å². The average Bonchev–Trinajstić information content (AvgIpc) is 2.06. The molecule has 0 spiro atoms. The van der Waals surface area contributed by atoms with Gasteiger partial charge in [-0.15, -0.1) is 0 Å². The Morgan fingerprint density at radius 2 is 1.82 bits per heavy atom. The molecule has 1 fully saturated rings. The van der Waals surface area contributed by atoms with Gasteiger partial charge in [0.15, 0.2) is 0 Å². The van der Waals surface area contributed by atoms with Gasteiger partial charge in [-0.3, -0.25) is 0 Å². The summed E-state index contributed by atoms with van der Waals surface area (Å²) < 4.78 is 0. The molecule has 1 saturated heterocycles. The number of rotatable bonds is 3. The molecule has 1 aliphatic heterocycles. The predicted molar refractivity (Wildman–Crippen MR) is 43.4 cm³/mol. The maximum Gasteiger partial charge on any atom is 0.0897 e. The van der Waals surface area contributed by atoms with Gasteiger partial charge in [0.2, 0.25) is 0 Å². The van der Waals surface area contributed by atoms with E-state index in [2.05, 4.69) is 4.90 Å². The summed E-state index contributed by atoms with van der Waals surface area (Å²) >= 11 is 0. The van der Waals surface area contributed by atoms with Crippen molar-refractivity contribution in [2.24, 2.45) is 0 Å². The maximum absolute atomic E-state index is 9.12. The van der Waals surface area contributed by atoms with Gasteiger partial charge in [-0.1, -0.05) is 6.42 Å². The summed E-state index contributed by atoms with van der Waals surface area (Å²) in [7, 11) is 0. The average molecular weight is 159 g/mol. The summed E-state index contributed by atoms with van der Waals surface area (Å²) in [5.74, 6) is 0. The van der Waals surface area contributed by atoms with E-state index in [0.717, 1.165) is 13.1 Å². The molecule has 0 aromatic carbocycles. The molecular formula is C8H17NO2. The number of aliphatic hydroxyl groups is 2. The monoisotopic (exact) mass is 159 g/mol. The molecular weight excluding hydrogens is 142 g/mol. The molecule has 0 aromatic rings. The zero-order valence-corrected chi connectivity index (χ0v) is 6.87. The van der Waals surface area contributed by atoms with Crippen LogP contribution >= 0.6 is 0 Å². The lowest BCUT2D eigenvalue weighted by Gasteiger charge is -2.27. The first-order chi connectivity index (χ1) is 5.33. The van der Waals surface area contributed by atoms with Crippen LogP contribution in [0.5, 0.6) is 0 Å². The fourth-order valence-corrected chi connectivity index (χ4v) is 1.50. The van der Waals surface area contributed by atoms with Gasteiger partial charge in [-0.2, -0.15) is 0 Å². The van der Waals surface area contributed by atoms with Gasteiger partial charge in [-0.25, -0.2) is 0 Å². The minimum atomic E-state index is -0.548. The minimum absolute atomic E-state index is 0.115. The van der Waals surface area contributed by atoms with E-state index in [1.807, 2.05) is 0 Å². The standard InChI is InChI=1S/C8H17NO2/c10-7-8(11)6-9-4-2-1-3-5-9/h8,10-11H,1-7H2/t8-/m0/s1. The van der Waals surface area contributed by atoms with Crippen LogP contribution in [0.4, 0.5) is 0 Å². The third kappa shape index (κ3) is 3.18. The molecule has 3 heteroatoms. The third-order valence-corrected chi connectivity index (χ3v) is 2.13. The highest BCUT2D eigenvalue weighted by atomic mass is 16.3. The van der Waals surface area contributed by atoms with E-state index in [1.54, 1.807) is 0 Å². The zero-order chi connectivity index (χ0) is 8.10. The highest BCUT2D eigenvalue weighted by Crippen LogP contribution is 2.08. The highest BCUT2D eigenvalue weighted by Gasteiger charge is 2.13. The third-order valence-electron chi connectivity index (χ3n) is 2.13. The smallest absolute Gasteiger partial charge is 0.0897 e. The van der Waals surface area contributed by atoms with E-state index < -0.39 is 6.10 Å². The Kier molecular flexibility index (Phi) is 3.83. The number of likely N-dealkylation sites (tertiary alicyclic amines) is 1. The van der Waals surface area contributed by atoms with Crippen molar-refractivity contribution in [3.05, 3.63) is 0 Å². The number of hydrogen-bond donors (Lipinski definition) is 2. The second kappa shape index (κ2) is 4.70. The first-order valence-corrected chi connectivity index (χ1v) is 4.34. The first kappa shape index (κ1) is 8.97. The Hall–Kier alpha value is -0.120. The second-order valence-corrected chi connectivity index (χ2v) is 3.20. The van der Waals surface area contributed by atoms with Crippen molar-refractivity contribution < 1.29 is 10.2 Å². The number of piperidine rings is 1. The Balaban J connectivity index is 2.13. The number of β-amino-alcohol motifs (C(OH)–C–C–N with tert-alkyl or cyclic N) is 1. The normalized spacial score (nSPS) is 23.5. The van der Waals surface area contributed by atoms with Crippen LogP contribution in [0.3, 0.4) is 0 Å². The number of hydrogen-bond acceptors (Lipinski definition) is 3. The minimum Gasteiger partial charge on any atom is -0.394 e. The molecule has 0 saturated carbocycles. The molecule has 0 aliphatic carbocycles. The molecule has 0 radical (unpaired) electrons. The SMILES string of the molecule is OC[C@@H](O)CN1CCCCC1. The molecule has 1 heterocycles. The molecule has 2 N–H and O–H groups in total. The van der Waals surface area contributed by atoms with Crippen LogP contribution in [0.2, 0.25) is 0 Å². The lowest BCUT2D eigenvalue weighted by molar-refractivity contribution is 0.0533. The number of nitrogens with zero attached hydrogens (tertiary/aromatic N) is 1. The van der Waals surface area contributed by atoms with Gasteiger partial charge in [0.25, 0.3) is 0 Å². The van der Waals surface area contributed by atoms with Crippen LogP contribution in [-0.4, -0.2) is 47.5 Å². The summed E-state index contributed by atoms with van der Waals surface area (Å²) in [6.45, 7) is 2.68. The van der Waals surface area contributed by atoms with Gasteiger partial charge >= 0.3 is 0 Å². The van der Waals surface area contributed by atoms with E-state index in [9.17, 15) is 0 Å². The largest absolute Gasteiger partial charge is 0.394 e. The predicted octanol–water partition coefficient (Wildman–Crippen LogP) is -0.175. The van der Waals surface area contributed by atoms with Crippen molar-refractivity contribution in [2.75, 3.05) is 26.2 Å². The lowest BCUT2D eigenvalue weighted by Crippen LogP contribution is -2.37. The molecule has 1 aliphatic rings. The summed E-state index contributed by atoms with van der Waals surface area (Å²) in [5.41, 5.74) is 0. The van der Waals surface area contributed by atoms with Crippen LogP contribution in [0.1, 0.15) is 19.3 Å². The maximum atomic E-state index is 9.12. The van der Waals surface area contributed by atoms with Gasteiger partial charge in [0.1, 0.15) is 0 Å². The molecule has 0 bridgehead atoms. The summed E-state index contributed by atoms with van der Waals surface area (Å²) in [6, 6.07) is 0. The summed E-state index contributed by atoms with van der Waals surface area (Å²) in [5, 5.41) is 17.7. The molecule has 3 nitrogen and oxygen atoms in total. The molecule has 0 unspecified atom stereocenters. The van der Waals surface area contributed by atoms with Gasteiger partial charge in [-0.05, 0) is 25.9 Å². The van der Waals surface area contributed by atoms with Crippen molar-refractivity contribution >= 4 is 0 Å². The van der Waals surface area contributed by atoms with Crippen molar-refractivity contribution in [1.82, 2.24) is 4.90 Å². The molecule has 1 atom stereocenters. The number of aliphatic hydroxyl groups excluding tert-OH is 2. The Morgan fingerprint density at radius 1 is 1.18 bits per heavy atom. The molecule has 11 heavy (non-hydrogen) atoms. The highest BCUT2D eigenvalue weighted by molar-refractivity contribution is 4.67. The van der Waals surface area contributed by atoms with Crippen molar-refractivity contribution in [3.8, 4) is 0 Å². The van der Waals surface area contributed by atoms with Crippen molar-refractivity contribution in [2.45, 2.75) is 25.4 Å². The van der Waals surface area contributed by atoms with Crippen molar-refractivity contribution in [3.63, 3.8) is 0 Å². The van der Waals surface area contributed by atoms with Crippen LogP contribution < -0.4 is 0 Å². The van der Waals surface area contributed by atoms with E-state index in [0.29, 0.717) is 6.54 Å². The Bertz CT molecular complexity index is 102. The first-order valence-electron chi connectivity index (χ1n) is 4.34. The van der Waals surface area contributed by atoms with Crippen LogP contribution in [0.25, 0.3) is 0 Å². The second-order valence-electron chi connectivity index (χ2n) is 3.20.